The second-order valence-corrected chi connectivity index (χ2v) is 6.81. The molecule has 0 N–H and O–H groups in total. The van der Waals surface area contributed by atoms with Gasteiger partial charge in [0, 0.05) is 12.7 Å². The largest absolute Gasteiger partial charge is 0.461 e. The van der Waals surface area contributed by atoms with Crippen molar-refractivity contribution < 1.29 is 13.9 Å². The van der Waals surface area contributed by atoms with Gasteiger partial charge in [0.1, 0.15) is 11.9 Å². The average Bonchev–Trinajstić information content (AvgIpc) is 3.07. The number of alkyl halides is 1. The Labute approximate surface area is 152 Å². The highest BCUT2D eigenvalue weighted by atomic mass is 19.1. The molecule has 0 aliphatic rings. The summed E-state index contributed by atoms with van der Waals surface area (Å²) in [5.74, 6) is -0.332. The number of aromatic nitrogens is 1. The molecule has 1 atom stereocenters. The topological polar surface area (TPSA) is 31.2 Å². The fourth-order valence-electron chi connectivity index (χ4n) is 3.10. The van der Waals surface area contributed by atoms with Crippen molar-refractivity contribution in [2.45, 2.75) is 97.2 Å². The molecule has 0 fully saturated rings. The zero-order valence-corrected chi connectivity index (χ0v) is 16.1. The maximum atomic E-state index is 14.1. The van der Waals surface area contributed by atoms with Crippen LogP contribution < -0.4 is 0 Å². The number of hydrogen-bond acceptors (Lipinski definition) is 2. The molecule has 1 aromatic rings. The van der Waals surface area contributed by atoms with Crippen molar-refractivity contribution in [1.29, 1.82) is 0 Å². The minimum Gasteiger partial charge on any atom is -0.461 e. The minimum atomic E-state index is -0.790. The highest BCUT2D eigenvalue weighted by molar-refractivity contribution is 5.87. The SMILES string of the molecule is CCCCCCCCCCCC(F)CCn1cccc1C(=O)OCC. The van der Waals surface area contributed by atoms with E-state index in [0.717, 1.165) is 12.8 Å². The first kappa shape index (κ1) is 21.7. The van der Waals surface area contributed by atoms with E-state index in [4.69, 9.17) is 4.74 Å². The monoisotopic (exact) mass is 353 g/mol. The third-order valence-corrected chi connectivity index (χ3v) is 4.62. The molecular formula is C21H36FNO2. The summed E-state index contributed by atoms with van der Waals surface area (Å²) in [5.41, 5.74) is 0.511. The van der Waals surface area contributed by atoms with Crippen LogP contribution in [0.5, 0.6) is 0 Å². The Morgan fingerprint density at radius 3 is 2.32 bits per heavy atom. The number of aryl methyl sites for hydroxylation is 1. The number of halogens is 1. The molecule has 1 heterocycles. The molecule has 0 aromatic carbocycles. The number of unbranched alkanes of at least 4 members (excludes halogenated alkanes) is 8. The van der Waals surface area contributed by atoms with Crippen molar-refractivity contribution in [2.24, 2.45) is 0 Å². The van der Waals surface area contributed by atoms with E-state index in [1.165, 1.54) is 44.9 Å². The van der Waals surface area contributed by atoms with Gasteiger partial charge in [0.25, 0.3) is 0 Å². The zero-order valence-electron chi connectivity index (χ0n) is 16.1. The molecule has 3 nitrogen and oxygen atoms in total. The Morgan fingerprint density at radius 2 is 1.68 bits per heavy atom. The second-order valence-electron chi connectivity index (χ2n) is 6.81. The molecule has 0 bridgehead atoms. The second kappa shape index (κ2) is 13.9. The molecule has 25 heavy (non-hydrogen) atoms. The predicted octanol–water partition coefficient (Wildman–Crippen LogP) is 6.31. The maximum Gasteiger partial charge on any atom is 0.354 e. The van der Waals surface area contributed by atoms with Gasteiger partial charge in [0.05, 0.1) is 6.61 Å². The number of rotatable bonds is 15. The van der Waals surface area contributed by atoms with Crippen molar-refractivity contribution in [3.05, 3.63) is 24.0 Å². The minimum absolute atomic E-state index is 0.332. The molecule has 0 radical (unpaired) electrons. The van der Waals surface area contributed by atoms with Crippen LogP contribution in [-0.2, 0) is 11.3 Å². The number of carbonyl (C=O) groups is 1. The van der Waals surface area contributed by atoms with Gasteiger partial charge in [-0.15, -0.1) is 0 Å². The Morgan fingerprint density at radius 1 is 1.04 bits per heavy atom. The molecule has 4 heteroatoms. The average molecular weight is 354 g/mol. The Kier molecular flexibility index (Phi) is 12.1. The van der Waals surface area contributed by atoms with Gasteiger partial charge < -0.3 is 9.30 Å². The zero-order chi connectivity index (χ0) is 18.3. The number of carbonyl (C=O) groups excluding carboxylic acids is 1. The van der Waals surface area contributed by atoms with Crippen LogP contribution in [0.4, 0.5) is 4.39 Å². The van der Waals surface area contributed by atoms with Gasteiger partial charge in [-0.2, -0.15) is 0 Å². The molecule has 0 amide bonds. The van der Waals surface area contributed by atoms with Crippen LogP contribution in [0.15, 0.2) is 18.3 Å². The summed E-state index contributed by atoms with van der Waals surface area (Å²) in [6, 6.07) is 3.53. The van der Waals surface area contributed by atoms with Crippen molar-refractivity contribution in [1.82, 2.24) is 4.57 Å². The van der Waals surface area contributed by atoms with Crippen molar-refractivity contribution >= 4 is 5.97 Å². The van der Waals surface area contributed by atoms with Crippen molar-refractivity contribution in [3.8, 4) is 0 Å². The van der Waals surface area contributed by atoms with E-state index in [1.807, 2.05) is 6.20 Å². The quantitative estimate of drug-likeness (QED) is 0.273. The third kappa shape index (κ3) is 9.66. The first-order valence-electron chi connectivity index (χ1n) is 10.1. The van der Waals surface area contributed by atoms with Crippen LogP contribution in [0.25, 0.3) is 0 Å². The van der Waals surface area contributed by atoms with E-state index in [1.54, 1.807) is 23.6 Å². The van der Waals surface area contributed by atoms with Crippen LogP contribution in [0.1, 0.15) is 95.0 Å². The van der Waals surface area contributed by atoms with Gasteiger partial charge in [0.2, 0.25) is 0 Å². The van der Waals surface area contributed by atoms with Gasteiger partial charge in [-0.25, -0.2) is 9.18 Å². The van der Waals surface area contributed by atoms with Crippen LogP contribution in [-0.4, -0.2) is 23.3 Å². The Bertz CT molecular complexity index is 459. The van der Waals surface area contributed by atoms with E-state index >= 15 is 0 Å². The Hall–Kier alpha value is -1.32. The number of esters is 1. The van der Waals surface area contributed by atoms with E-state index in [9.17, 15) is 9.18 Å². The summed E-state index contributed by atoms with van der Waals surface area (Å²) in [4.78, 5) is 11.8. The van der Waals surface area contributed by atoms with Gasteiger partial charge in [-0.3, -0.25) is 0 Å². The molecule has 1 aromatic heterocycles. The number of nitrogens with zero attached hydrogens (tertiary/aromatic N) is 1. The summed E-state index contributed by atoms with van der Waals surface area (Å²) < 4.78 is 20.9. The lowest BCUT2D eigenvalue weighted by atomic mass is 10.0. The summed E-state index contributed by atoms with van der Waals surface area (Å²) >= 11 is 0. The fourth-order valence-corrected chi connectivity index (χ4v) is 3.10. The molecular weight excluding hydrogens is 317 g/mol. The molecule has 0 saturated carbocycles. The summed E-state index contributed by atoms with van der Waals surface area (Å²) in [7, 11) is 0. The third-order valence-electron chi connectivity index (χ3n) is 4.62. The molecule has 1 unspecified atom stereocenters. The highest BCUT2D eigenvalue weighted by Gasteiger charge is 2.13. The molecule has 0 aliphatic heterocycles. The summed E-state index contributed by atoms with van der Waals surface area (Å²) in [5, 5.41) is 0. The smallest absolute Gasteiger partial charge is 0.354 e. The number of ether oxygens (including phenoxy) is 1. The van der Waals surface area contributed by atoms with E-state index in [0.29, 0.717) is 31.7 Å². The lowest BCUT2D eigenvalue weighted by Crippen LogP contribution is -2.14. The standard InChI is InChI=1S/C21H36FNO2/c1-3-5-6-7-8-9-10-11-12-14-19(22)16-18-23-17-13-15-20(23)21(24)25-4-2/h13,15,17,19H,3-12,14,16,18H2,1-2H3. The van der Waals surface area contributed by atoms with E-state index in [-0.39, 0.29) is 5.97 Å². The molecule has 1 rings (SSSR count). The maximum absolute atomic E-state index is 14.1. The van der Waals surface area contributed by atoms with E-state index in [2.05, 4.69) is 6.92 Å². The molecule has 0 spiro atoms. The highest BCUT2D eigenvalue weighted by Crippen LogP contribution is 2.15. The summed E-state index contributed by atoms with van der Waals surface area (Å²) in [6.07, 6.45) is 13.4. The van der Waals surface area contributed by atoms with Gasteiger partial charge in [-0.1, -0.05) is 64.7 Å². The first-order valence-corrected chi connectivity index (χ1v) is 10.1. The van der Waals surface area contributed by atoms with Crippen LogP contribution in [0.2, 0.25) is 0 Å². The number of hydrogen-bond donors (Lipinski definition) is 0. The van der Waals surface area contributed by atoms with Crippen molar-refractivity contribution in [2.75, 3.05) is 6.61 Å². The van der Waals surface area contributed by atoms with Crippen LogP contribution >= 0.6 is 0 Å². The summed E-state index contributed by atoms with van der Waals surface area (Å²) in [6.45, 7) is 4.91. The normalized spacial score (nSPS) is 12.3. The van der Waals surface area contributed by atoms with Gasteiger partial charge in [0.15, 0.2) is 0 Å². The van der Waals surface area contributed by atoms with Crippen LogP contribution in [0, 0.1) is 0 Å². The Balaban J connectivity index is 2.09. The van der Waals surface area contributed by atoms with Gasteiger partial charge in [-0.05, 0) is 31.9 Å². The lowest BCUT2D eigenvalue weighted by molar-refractivity contribution is 0.0513. The molecule has 144 valence electrons. The fraction of sp³-hybridized carbons (Fsp3) is 0.762. The lowest BCUT2D eigenvalue weighted by Gasteiger charge is -2.11. The predicted molar refractivity (Wildman–Crippen MR) is 102 cm³/mol. The van der Waals surface area contributed by atoms with Crippen molar-refractivity contribution in [3.63, 3.8) is 0 Å². The molecule has 0 aliphatic carbocycles. The van der Waals surface area contributed by atoms with Crippen LogP contribution in [0.3, 0.4) is 0 Å². The first-order chi connectivity index (χ1) is 12.2. The molecule has 0 saturated heterocycles. The van der Waals surface area contributed by atoms with Gasteiger partial charge >= 0.3 is 5.97 Å². The van der Waals surface area contributed by atoms with E-state index < -0.39 is 6.17 Å².